The lowest BCUT2D eigenvalue weighted by molar-refractivity contribution is 0.0801. The number of nitrogens with one attached hydrogen (secondary N) is 1. The van der Waals surface area contributed by atoms with Crippen LogP contribution in [0.25, 0.3) is 15.9 Å². The Balaban J connectivity index is 0.00000225. The Morgan fingerprint density at radius 1 is 1.40 bits per heavy atom. The largest absolute Gasteiger partial charge is 0.340 e. The first-order valence-corrected chi connectivity index (χ1v) is 8.86. The molecule has 0 fully saturated rings. The van der Waals surface area contributed by atoms with Gasteiger partial charge in [0.1, 0.15) is 4.83 Å². The molecule has 3 rings (SSSR count). The van der Waals surface area contributed by atoms with E-state index in [9.17, 15) is 4.79 Å². The lowest BCUT2D eigenvalue weighted by atomic mass is 10.3. The van der Waals surface area contributed by atoms with Crippen molar-refractivity contribution in [1.82, 2.24) is 20.0 Å². The van der Waals surface area contributed by atoms with Crippen LogP contribution in [-0.2, 0) is 0 Å². The Kier molecular flexibility index (Phi) is 6.46. The average molecular weight is 399 g/mol. The zero-order chi connectivity index (χ0) is 17.3. The summed E-state index contributed by atoms with van der Waals surface area (Å²) in [7, 11) is 3.70. The number of rotatable bonds is 5. The van der Waals surface area contributed by atoms with E-state index in [4.69, 9.17) is 11.6 Å². The van der Waals surface area contributed by atoms with Crippen LogP contribution in [0.1, 0.15) is 15.4 Å². The van der Waals surface area contributed by atoms with Gasteiger partial charge in [-0.25, -0.2) is 4.68 Å². The molecule has 0 aliphatic carbocycles. The SMILES string of the molecule is CNCCN(C)C(=O)c1cc2c(C)nn(-c3cccc(Cl)c3)c2s1.Cl. The Morgan fingerprint density at radius 2 is 2.16 bits per heavy atom. The monoisotopic (exact) mass is 398 g/mol. The fourth-order valence-electron chi connectivity index (χ4n) is 2.50. The second kappa shape index (κ2) is 8.19. The smallest absolute Gasteiger partial charge is 0.263 e. The van der Waals surface area contributed by atoms with E-state index >= 15 is 0 Å². The lowest BCUT2D eigenvalue weighted by Crippen LogP contribution is -2.32. The highest BCUT2D eigenvalue weighted by Crippen LogP contribution is 2.31. The summed E-state index contributed by atoms with van der Waals surface area (Å²) in [6.45, 7) is 3.39. The number of hydrogen-bond donors (Lipinski definition) is 1. The fourth-order valence-corrected chi connectivity index (χ4v) is 3.87. The molecule has 5 nitrogen and oxygen atoms in total. The third kappa shape index (κ3) is 3.98. The van der Waals surface area contributed by atoms with Crippen LogP contribution in [0.5, 0.6) is 0 Å². The summed E-state index contributed by atoms with van der Waals surface area (Å²) >= 11 is 7.56. The van der Waals surface area contributed by atoms with Crippen LogP contribution >= 0.6 is 35.3 Å². The first-order valence-electron chi connectivity index (χ1n) is 7.66. The van der Waals surface area contributed by atoms with Crippen molar-refractivity contribution in [2.75, 3.05) is 27.2 Å². The molecule has 2 heterocycles. The van der Waals surface area contributed by atoms with Crippen molar-refractivity contribution in [2.45, 2.75) is 6.92 Å². The normalized spacial score (nSPS) is 10.7. The summed E-state index contributed by atoms with van der Waals surface area (Å²) in [4.78, 5) is 16.0. The van der Waals surface area contributed by atoms with E-state index in [1.807, 2.05) is 56.0 Å². The van der Waals surface area contributed by atoms with E-state index in [0.717, 1.165) is 33.0 Å². The minimum atomic E-state index is 0. The third-order valence-corrected chi connectivity index (χ3v) is 5.19. The van der Waals surface area contributed by atoms with E-state index in [1.54, 1.807) is 4.90 Å². The molecule has 1 amide bonds. The second-order valence-corrected chi connectivity index (χ2v) is 7.10. The average Bonchev–Trinajstić information content (AvgIpc) is 3.12. The van der Waals surface area contributed by atoms with Crippen molar-refractivity contribution in [3.05, 3.63) is 45.9 Å². The van der Waals surface area contributed by atoms with Crippen LogP contribution in [0.15, 0.2) is 30.3 Å². The van der Waals surface area contributed by atoms with Crippen LogP contribution < -0.4 is 5.32 Å². The molecular weight excluding hydrogens is 379 g/mol. The van der Waals surface area contributed by atoms with Gasteiger partial charge >= 0.3 is 0 Å². The van der Waals surface area contributed by atoms with Gasteiger partial charge in [-0.3, -0.25) is 4.79 Å². The van der Waals surface area contributed by atoms with Crippen LogP contribution in [0, 0.1) is 6.92 Å². The van der Waals surface area contributed by atoms with Gasteiger partial charge < -0.3 is 10.2 Å². The van der Waals surface area contributed by atoms with E-state index in [-0.39, 0.29) is 18.3 Å². The van der Waals surface area contributed by atoms with E-state index in [0.29, 0.717) is 11.6 Å². The van der Waals surface area contributed by atoms with Gasteiger partial charge in [0.15, 0.2) is 0 Å². The molecule has 0 atom stereocenters. The Bertz CT molecular complexity index is 890. The molecule has 0 aliphatic rings. The van der Waals surface area contributed by atoms with Gasteiger partial charge in [-0.15, -0.1) is 23.7 Å². The molecule has 1 aromatic carbocycles. The summed E-state index contributed by atoms with van der Waals surface area (Å²) in [5.74, 6) is 0.0310. The van der Waals surface area contributed by atoms with E-state index in [1.165, 1.54) is 11.3 Å². The van der Waals surface area contributed by atoms with E-state index in [2.05, 4.69) is 10.4 Å². The summed E-state index contributed by atoms with van der Waals surface area (Å²) in [5, 5.41) is 9.31. The van der Waals surface area contributed by atoms with Gasteiger partial charge in [0.05, 0.1) is 16.3 Å². The van der Waals surface area contributed by atoms with Gasteiger partial charge in [0, 0.05) is 30.5 Å². The molecule has 0 radical (unpaired) electrons. The van der Waals surface area contributed by atoms with Crippen molar-refractivity contribution < 1.29 is 4.79 Å². The highest BCUT2D eigenvalue weighted by Gasteiger charge is 2.19. The minimum Gasteiger partial charge on any atom is -0.340 e. The highest BCUT2D eigenvalue weighted by atomic mass is 35.5. The Labute approximate surface area is 162 Å². The number of amides is 1. The molecule has 8 heteroatoms. The number of aromatic nitrogens is 2. The standard InChI is InChI=1S/C17H19ClN4OS.ClH/c1-11-14-10-15(16(23)21(3)8-7-19-2)24-17(14)22(20-11)13-6-4-5-12(18)9-13;/h4-6,9-10,19H,7-8H2,1-3H3;1H. The van der Waals surface area contributed by atoms with E-state index < -0.39 is 0 Å². The van der Waals surface area contributed by atoms with Crippen LogP contribution in [-0.4, -0.2) is 47.8 Å². The Hall–Kier alpha value is -1.60. The van der Waals surface area contributed by atoms with Gasteiger partial charge in [-0.1, -0.05) is 17.7 Å². The van der Waals surface area contributed by atoms with Gasteiger partial charge in [-0.05, 0) is 38.2 Å². The molecule has 134 valence electrons. The maximum absolute atomic E-state index is 12.6. The molecule has 0 aliphatic heterocycles. The van der Waals surface area contributed by atoms with Crippen LogP contribution in [0.3, 0.4) is 0 Å². The number of benzene rings is 1. The summed E-state index contributed by atoms with van der Waals surface area (Å²) in [5.41, 5.74) is 1.79. The highest BCUT2D eigenvalue weighted by molar-refractivity contribution is 7.20. The first-order chi connectivity index (χ1) is 11.5. The predicted octanol–water partition coefficient (Wildman–Crippen LogP) is 3.76. The maximum atomic E-state index is 12.6. The summed E-state index contributed by atoms with van der Waals surface area (Å²) in [6, 6.07) is 9.48. The van der Waals surface area contributed by atoms with Gasteiger partial charge in [-0.2, -0.15) is 5.10 Å². The number of hydrogen-bond acceptors (Lipinski definition) is 4. The molecule has 1 N–H and O–H groups in total. The molecule has 25 heavy (non-hydrogen) atoms. The zero-order valence-corrected chi connectivity index (χ0v) is 16.6. The van der Waals surface area contributed by atoms with Crippen LogP contribution in [0.2, 0.25) is 5.02 Å². The van der Waals surface area contributed by atoms with Crippen molar-refractivity contribution in [3.63, 3.8) is 0 Å². The number of aryl methyl sites for hydroxylation is 1. The second-order valence-electron chi connectivity index (χ2n) is 5.64. The Morgan fingerprint density at radius 3 is 2.84 bits per heavy atom. The molecule has 3 aromatic rings. The molecule has 0 saturated heterocycles. The first kappa shape index (κ1) is 19.7. The molecular formula is C17H20Cl2N4OS. The molecule has 0 spiro atoms. The van der Waals surface area contributed by atoms with Crippen molar-refractivity contribution in [1.29, 1.82) is 0 Å². The molecule has 2 aromatic heterocycles. The lowest BCUT2D eigenvalue weighted by Gasteiger charge is -2.15. The summed E-state index contributed by atoms with van der Waals surface area (Å²) < 4.78 is 1.85. The predicted molar refractivity (Wildman–Crippen MR) is 107 cm³/mol. The summed E-state index contributed by atoms with van der Waals surface area (Å²) in [6.07, 6.45) is 0. The number of thiophene rings is 1. The quantitative estimate of drug-likeness (QED) is 0.711. The number of carbonyl (C=O) groups is 1. The minimum absolute atomic E-state index is 0. The number of halogens is 2. The third-order valence-electron chi connectivity index (χ3n) is 3.85. The van der Waals surface area contributed by atoms with Crippen molar-refractivity contribution in [3.8, 4) is 5.69 Å². The van der Waals surface area contributed by atoms with Gasteiger partial charge in [0.2, 0.25) is 0 Å². The zero-order valence-electron chi connectivity index (χ0n) is 14.2. The van der Waals surface area contributed by atoms with Crippen molar-refractivity contribution in [2.24, 2.45) is 0 Å². The number of nitrogens with zero attached hydrogens (tertiary/aromatic N) is 3. The molecule has 0 saturated carbocycles. The molecule has 0 bridgehead atoms. The van der Waals surface area contributed by atoms with Crippen molar-refractivity contribution >= 4 is 51.5 Å². The fraction of sp³-hybridized carbons (Fsp3) is 0.294. The molecule has 0 unspecified atom stereocenters. The van der Waals surface area contributed by atoms with Gasteiger partial charge in [0.25, 0.3) is 5.91 Å². The van der Waals surface area contributed by atoms with Crippen LogP contribution in [0.4, 0.5) is 0 Å². The number of fused-ring (bicyclic) bond motifs is 1. The maximum Gasteiger partial charge on any atom is 0.263 e. The number of likely N-dealkylation sites (N-methyl/N-ethyl adjacent to an activating group) is 2. The number of carbonyl (C=O) groups excluding carboxylic acids is 1. The topological polar surface area (TPSA) is 50.2 Å².